The van der Waals surface area contributed by atoms with Gasteiger partial charge in [0.15, 0.2) is 0 Å². The van der Waals surface area contributed by atoms with Gasteiger partial charge in [-0.2, -0.15) is 0 Å². The number of anilines is 2. The Kier molecular flexibility index (Phi) is 6.44. The summed E-state index contributed by atoms with van der Waals surface area (Å²) in [5.74, 6) is -0.119. The van der Waals surface area contributed by atoms with Crippen molar-refractivity contribution in [2.24, 2.45) is 5.92 Å². The summed E-state index contributed by atoms with van der Waals surface area (Å²) in [6.45, 7) is 5.20. The summed E-state index contributed by atoms with van der Waals surface area (Å²) in [5.41, 5.74) is 1.82. The standard InChI is InChI=1S/C21H32N4O3/c1-14(2)24(3)18-6-4-5-16(9-18)22-21(28)23-17-10-19(11-17)25(13-20(26)27)12-15-7-8-15/h4-6,9,14-15,17,19H,7-8,10-13H2,1-3H3,(H,26,27)(H2,22,23,28). The van der Waals surface area contributed by atoms with Gasteiger partial charge in [-0.05, 0) is 63.6 Å². The Morgan fingerprint density at radius 3 is 2.57 bits per heavy atom. The van der Waals surface area contributed by atoms with Gasteiger partial charge in [-0.3, -0.25) is 9.69 Å². The summed E-state index contributed by atoms with van der Waals surface area (Å²) in [7, 11) is 2.03. The quantitative estimate of drug-likeness (QED) is 0.606. The van der Waals surface area contributed by atoms with Gasteiger partial charge in [0.05, 0.1) is 6.54 Å². The van der Waals surface area contributed by atoms with Crippen molar-refractivity contribution in [1.29, 1.82) is 0 Å². The predicted octanol–water partition coefficient (Wildman–Crippen LogP) is 2.98. The number of carboxylic acid groups (broad SMARTS) is 1. The fourth-order valence-corrected chi connectivity index (χ4v) is 3.61. The summed E-state index contributed by atoms with van der Waals surface area (Å²) in [6.07, 6.45) is 4.03. The van der Waals surface area contributed by atoms with Crippen molar-refractivity contribution in [2.75, 3.05) is 30.4 Å². The van der Waals surface area contributed by atoms with E-state index in [1.807, 2.05) is 31.3 Å². The molecule has 28 heavy (non-hydrogen) atoms. The number of urea groups is 1. The fourth-order valence-electron chi connectivity index (χ4n) is 3.61. The van der Waals surface area contributed by atoms with Crippen LogP contribution in [0.5, 0.6) is 0 Å². The SMILES string of the molecule is CC(C)N(C)c1cccc(NC(=O)NC2CC(N(CC(=O)O)CC3CC3)C2)c1. The summed E-state index contributed by atoms with van der Waals surface area (Å²) in [5, 5.41) is 15.0. The molecule has 1 aromatic rings. The van der Waals surface area contributed by atoms with Crippen LogP contribution in [0, 0.1) is 5.92 Å². The highest BCUT2D eigenvalue weighted by Gasteiger charge is 2.37. The van der Waals surface area contributed by atoms with Gasteiger partial charge < -0.3 is 20.6 Å². The number of nitrogens with one attached hydrogen (secondary N) is 2. The highest BCUT2D eigenvalue weighted by atomic mass is 16.4. The van der Waals surface area contributed by atoms with Crippen molar-refractivity contribution in [2.45, 2.75) is 57.7 Å². The summed E-state index contributed by atoms with van der Waals surface area (Å²) in [6, 6.07) is 8.33. The number of carbonyl (C=O) groups is 2. The third-order valence-corrected chi connectivity index (χ3v) is 5.78. The van der Waals surface area contributed by atoms with Crippen LogP contribution in [0.15, 0.2) is 24.3 Å². The summed E-state index contributed by atoms with van der Waals surface area (Å²) < 4.78 is 0. The molecule has 0 radical (unpaired) electrons. The lowest BCUT2D eigenvalue weighted by molar-refractivity contribution is -0.139. The third kappa shape index (κ3) is 5.61. The van der Waals surface area contributed by atoms with Crippen LogP contribution in [0.4, 0.5) is 16.2 Å². The Morgan fingerprint density at radius 1 is 1.25 bits per heavy atom. The lowest BCUT2D eigenvalue weighted by Crippen LogP contribution is -2.55. The molecule has 2 aliphatic carbocycles. The Hall–Kier alpha value is -2.28. The molecule has 2 aliphatic rings. The minimum atomic E-state index is -0.777. The van der Waals surface area contributed by atoms with Crippen molar-refractivity contribution >= 4 is 23.4 Å². The smallest absolute Gasteiger partial charge is 0.319 e. The van der Waals surface area contributed by atoms with Crippen LogP contribution in [0.25, 0.3) is 0 Å². The van der Waals surface area contributed by atoms with Crippen molar-refractivity contribution in [3.05, 3.63) is 24.3 Å². The molecule has 0 saturated heterocycles. The number of aliphatic carboxylic acids is 1. The number of hydrogen-bond donors (Lipinski definition) is 3. The molecule has 3 N–H and O–H groups in total. The highest BCUT2D eigenvalue weighted by molar-refractivity contribution is 5.90. The molecule has 2 amide bonds. The monoisotopic (exact) mass is 388 g/mol. The number of hydrogen-bond acceptors (Lipinski definition) is 4. The minimum Gasteiger partial charge on any atom is -0.480 e. The second kappa shape index (κ2) is 8.82. The van der Waals surface area contributed by atoms with E-state index in [4.69, 9.17) is 5.11 Å². The molecular weight excluding hydrogens is 356 g/mol. The van der Waals surface area contributed by atoms with Crippen LogP contribution in [0.1, 0.15) is 39.5 Å². The highest BCUT2D eigenvalue weighted by Crippen LogP contribution is 2.33. The molecule has 0 unspecified atom stereocenters. The van der Waals surface area contributed by atoms with E-state index in [2.05, 4.69) is 34.3 Å². The number of carbonyl (C=O) groups excluding carboxylic acids is 1. The number of benzene rings is 1. The van der Waals surface area contributed by atoms with Crippen LogP contribution >= 0.6 is 0 Å². The van der Waals surface area contributed by atoms with E-state index < -0.39 is 5.97 Å². The first-order chi connectivity index (χ1) is 13.3. The molecule has 0 spiro atoms. The minimum absolute atomic E-state index is 0.0935. The first kappa shape index (κ1) is 20.5. The first-order valence-electron chi connectivity index (χ1n) is 10.2. The van der Waals surface area contributed by atoms with Gasteiger partial charge in [0.1, 0.15) is 0 Å². The predicted molar refractivity (Wildman–Crippen MR) is 111 cm³/mol. The van der Waals surface area contributed by atoms with E-state index in [-0.39, 0.29) is 24.7 Å². The van der Waals surface area contributed by atoms with Gasteiger partial charge in [-0.15, -0.1) is 0 Å². The Balaban J connectivity index is 1.46. The van der Waals surface area contributed by atoms with E-state index in [0.29, 0.717) is 12.0 Å². The molecule has 0 aliphatic heterocycles. The van der Waals surface area contributed by atoms with Gasteiger partial charge in [0, 0.05) is 43.1 Å². The largest absolute Gasteiger partial charge is 0.480 e. The molecule has 7 heteroatoms. The fraction of sp³-hybridized carbons (Fsp3) is 0.619. The van der Waals surface area contributed by atoms with Gasteiger partial charge in [0.25, 0.3) is 0 Å². The third-order valence-electron chi connectivity index (χ3n) is 5.78. The Labute approximate surface area is 167 Å². The van der Waals surface area contributed by atoms with Crippen molar-refractivity contribution in [3.63, 3.8) is 0 Å². The first-order valence-corrected chi connectivity index (χ1v) is 10.2. The van der Waals surface area contributed by atoms with E-state index in [0.717, 1.165) is 30.8 Å². The maximum Gasteiger partial charge on any atom is 0.319 e. The van der Waals surface area contributed by atoms with Crippen molar-refractivity contribution in [3.8, 4) is 0 Å². The maximum absolute atomic E-state index is 12.3. The number of amides is 2. The van der Waals surface area contributed by atoms with Crippen LogP contribution in [-0.2, 0) is 4.79 Å². The number of nitrogens with zero attached hydrogens (tertiary/aromatic N) is 2. The molecule has 0 aromatic heterocycles. The topological polar surface area (TPSA) is 84.9 Å². The lowest BCUT2D eigenvalue weighted by atomic mass is 9.85. The Morgan fingerprint density at radius 2 is 1.96 bits per heavy atom. The molecule has 2 fully saturated rings. The number of rotatable bonds is 9. The Bertz CT molecular complexity index is 699. The van der Waals surface area contributed by atoms with Gasteiger partial charge in [-0.1, -0.05) is 6.07 Å². The molecule has 0 atom stereocenters. The number of carboxylic acids is 1. The maximum atomic E-state index is 12.3. The molecule has 154 valence electrons. The van der Waals surface area contributed by atoms with E-state index in [1.54, 1.807) is 0 Å². The zero-order valence-corrected chi connectivity index (χ0v) is 17.0. The van der Waals surface area contributed by atoms with Crippen LogP contribution in [-0.4, -0.2) is 60.3 Å². The molecule has 0 heterocycles. The van der Waals surface area contributed by atoms with Gasteiger partial charge >= 0.3 is 12.0 Å². The zero-order chi connectivity index (χ0) is 20.3. The second-order valence-electron chi connectivity index (χ2n) is 8.44. The van der Waals surface area contributed by atoms with Crippen LogP contribution in [0.3, 0.4) is 0 Å². The summed E-state index contributed by atoms with van der Waals surface area (Å²) in [4.78, 5) is 27.7. The van der Waals surface area contributed by atoms with Crippen LogP contribution < -0.4 is 15.5 Å². The molecule has 1 aromatic carbocycles. The molecule has 7 nitrogen and oxygen atoms in total. The normalized spacial score (nSPS) is 21.3. The van der Waals surface area contributed by atoms with Crippen molar-refractivity contribution in [1.82, 2.24) is 10.2 Å². The lowest BCUT2D eigenvalue weighted by Gasteiger charge is -2.42. The van der Waals surface area contributed by atoms with Gasteiger partial charge in [0.2, 0.25) is 0 Å². The zero-order valence-electron chi connectivity index (χ0n) is 17.0. The molecule has 2 saturated carbocycles. The molecule has 0 bridgehead atoms. The average Bonchev–Trinajstić information content (AvgIpc) is 3.40. The average molecular weight is 389 g/mol. The van der Waals surface area contributed by atoms with E-state index >= 15 is 0 Å². The van der Waals surface area contributed by atoms with E-state index in [9.17, 15) is 9.59 Å². The molecule has 3 rings (SSSR count). The van der Waals surface area contributed by atoms with Crippen molar-refractivity contribution < 1.29 is 14.7 Å². The summed E-state index contributed by atoms with van der Waals surface area (Å²) >= 11 is 0. The van der Waals surface area contributed by atoms with E-state index in [1.165, 1.54) is 12.8 Å². The van der Waals surface area contributed by atoms with Gasteiger partial charge in [-0.25, -0.2) is 4.79 Å². The van der Waals surface area contributed by atoms with Crippen LogP contribution in [0.2, 0.25) is 0 Å². The molecular formula is C21H32N4O3. The second-order valence-corrected chi connectivity index (χ2v) is 8.44.